The normalized spacial score (nSPS) is 11.1. The number of rotatable bonds is 9. The number of amides is 2. The Balaban J connectivity index is 2.52. The Morgan fingerprint density at radius 2 is 1.76 bits per heavy atom. The second-order valence-corrected chi connectivity index (χ2v) is 6.78. The fourth-order valence-electron chi connectivity index (χ4n) is 2.06. The van der Waals surface area contributed by atoms with Crippen LogP contribution in [0.3, 0.4) is 0 Å². The molecule has 0 radical (unpaired) electrons. The summed E-state index contributed by atoms with van der Waals surface area (Å²) in [6.45, 7) is 11.3. The van der Waals surface area contributed by atoms with E-state index in [0.29, 0.717) is 19.1 Å². The van der Waals surface area contributed by atoms with Gasteiger partial charge in [-0.15, -0.1) is 0 Å². The van der Waals surface area contributed by atoms with Crippen LogP contribution in [0.15, 0.2) is 24.3 Å². The van der Waals surface area contributed by atoms with E-state index in [4.69, 9.17) is 9.47 Å². The fourth-order valence-corrected chi connectivity index (χ4v) is 2.06. The molecule has 1 aromatic carbocycles. The minimum Gasteiger partial charge on any atom is -0.493 e. The number of carbonyl (C=O) groups excluding carboxylic acids is 2. The zero-order chi connectivity index (χ0) is 18.9. The monoisotopic (exact) mass is 350 g/mol. The lowest BCUT2D eigenvalue weighted by molar-refractivity contribution is -0.149. The summed E-state index contributed by atoms with van der Waals surface area (Å²) in [6.07, 6.45) is 0. The molecule has 0 saturated carbocycles. The van der Waals surface area contributed by atoms with Gasteiger partial charge in [0.05, 0.1) is 18.6 Å². The van der Waals surface area contributed by atoms with Crippen molar-refractivity contribution in [3.63, 3.8) is 0 Å². The Hall–Kier alpha value is -2.24. The maximum atomic E-state index is 12.4. The first-order chi connectivity index (χ1) is 11.8. The summed E-state index contributed by atoms with van der Waals surface area (Å²) in [6, 6.07) is 7.22. The van der Waals surface area contributed by atoms with Crippen LogP contribution in [0, 0.1) is 5.92 Å². The number of benzene rings is 1. The van der Waals surface area contributed by atoms with Crippen molar-refractivity contribution in [3.8, 4) is 5.75 Å². The van der Waals surface area contributed by atoms with E-state index in [2.05, 4.69) is 24.5 Å². The molecule has 0 heterocycles. The van der Waals surface area contributed by atoms with Gasteiger partial charge < -0.3 is 20.1 Å². The summed E-state index contributed by atoms with van der Waals surface area (Å²) in [4.78, 5) is 23.6. The molecule has 0 fully saturated rings. The molecule has 0 saturated heterocycles. The highest BCUT2D eigenvalue weighted by molar-refractivity contribution is 5.82. The van der Waals surface area contributed by atoms with E-state index < -0.39 is 5.41 Å². The lowest BCUT2D eigenvalue weighted by Crippen LogP contribution is -2.38. The SMILES string of the molecule is CCNC(=O)NCCOC(=O)C(C)(C)c1ccc(OCC(C)C)cc1. The van der Waals surface area contributed by atoms with Gasteiger partial charge in [0, 0.05) is 6.54 Å². The van der Waals surface area contributed by atoms with Crippen LogP contribution in [0.25, 0.3) is 0 Å². The molecule has 6 heteroatoms. The second-order valence-electron chi connectivity index (χ2n) is 6.78. The van der Waals surface area contributed by atoms with Crippen molar-refractivity contribution in [1.29, 1.82) is 0 Å². The highest BCUT2D eigenvalue weighted by Gasteiger charge is 2.31. The van der Waals surface area contributed by atoms with E-state index in [1.807, 2.05) is 45.0 Å². The van der Waals surface area contributed by atoms with Crippen molar-refractivity contribution in [2.24, 2.45) is 5.92 Å². The summed E-state index contributed by atoms with van der Waals surface area (Å²) in [5.41, 5.74) is 0.0773. The average Bonchev–Trinajstić information content (AvgIpc) is 2.57. The third-order valence-corrected chi connectivity index (χ3v) is 3.63. The van der Waals surface area contributed by atoms with Gasteiger partial charge in [0.25, 0.3) is 0 Å². The molecule has 2 amide bonds. The molecule has 2 N–H and O–H groups in total. The Morgan fingerprint density at radius 3 is 2.32 bits per heavy atom. The van der Waals surface area contributed by atoms with E-state index >= 15 is 0 Å². The molecule has 0 bridgehead atoms. The van der Waals surface area contributed by atoms with Crippen molar-refractivity contribution in [2.45, 2.75) is 40.0 Å². The first kappa shape index (κ1) is 20.8. The fraction of sp³-hybridized carbons (Fsp3) is 0.579. The smallest absolute Gasteiger partial charge is 0.316 e. The third kappa shape index (κ3) is 7.03. The second kappa shape index (κ2) is 9.91. The molecular formula is C19H30N2O4. The van der Waals surface area contributed by atoms with Gasteiger partial charge in [-0.05, 0) is 44.4 Å². The number of esters is 1. The minimum atomic E-state index is -0.776. The van der Waals surface area contributed by atoms with Gasteiger partial charge in [0.1, 0.15) is 12.4 Å². The lowest BCUT2D eigenvalue weighted by atomic mass is 9.85. The summed E-state index contributed by atoms with van der Waals surface area (Å²) in [5, 5.41) is 5.23. The van der Waals surface area contributed by atoms with Crippen LogP contribution in [0.1, 0.15) is 40.2 Å². The summed E-state index contributed by atoms with van der Waals surface area (Å²) >= 11 is 0. The molecule has 1 aromatic rings. The molecule has 0 unspecified atom stereocenters. The van der Waals surface area contributed by atoms with Crippen LogP contribution < -0.4 is 15.4 Å². The van der Waals surface area contributed by atoms with E-state index in [1.54, 1.807) is 0 Å². The molecule has 0 aliphatic heterocycles. The predicted molar refractivity (Wildman–Crippen MR) is 97.8 cm³/mol. The maximum Gasteiger partial charge on any atom is 0.316 e. The molecule has 6 nitrogen and oxygen atoms in total. The van der Waals surface area contributed by atoms with Gasteiger partial charge in [-0.25, -0.2) is 4.79 Å². The van der Waals surface area contributed by atoms with Gasteiger partial charge in [0.15, 0.2) is 0 Å². The molecular weight excluding hydrogens is 320 g/mol. The van der Waals surface area contributed by atoms with Gasteiger partial charge in [-0.3, -0.25) is 4.79 Å². The Morgan fingerprint density at radius 1 is 1.12 bits per heavy atom. The van der Waals surface area contributed by atoms with Gasteiger partial charge >= 0.3 is 12.0 Å². The van der Waals surface area contributed by atoms with Crippen molar-refractivity contribution < 1.29 is 19.1 Å². The topological polar surface area (TPSA) is 76.7 Å². The third-order valence-electron chi connectivity index (χ3n) is 3.63. The Kier molecular flexibility index (Phi) is 8.25. The molecule has 0 atom stereocenters. The molecule has 0 spiro atoms. The Labute approximate surface area is 150 Å². The number of hydrogen-bond donors (Lipinski definition) is 2. The lowest BCUT2D eigenvalue weighted by Gasteiger charge is -2.23. The zero-order valence-electron chi connectivity index (χ0n) is 15.8. The quantitative estimate of drug-likeness (QED) is 0.530. The van der Waals surface area contributed by atoms with Crippen LogP contribution in [-0.4, -0.2) is 38.3 Å². The van der Waals surface area contributed by atoms with E-state index in [-0.39, 0.29) is 25.2 Å². The number of carbonyl (C=O) groups is 2. The number of hydrogen-bond acceptors (Lipinski definition) is 4. The number of urea groups is 1. The van der Waals surface area contributed by atoms with Crippen LogP contribution in [-0.2, 0) is 14.9 Å². The minimum absolute atomic E-state index is 0.134. The summed E-state index contributed by atoms with van der Waals surface area (Å²) in [7, 11) is 0. The van der Waals surface area contributed by atoms with Crippen LogP contribution in [0.2, 0.25) is 0 Å². The van der Waals surface area contributed by atoms with Crippen molar-refractivity contribution in [2.75, 3.05) is 26.3 Å². The van der Waals surface area contributed by atoms with E-state index in [0.717, 1.165) is 11.3 Å². The van der Waals surface area contributed by atoms with Gasteiger partial charge in [0.2, 0.25) is 0 Å². The van der Waals surface area contributed by atoms with Crippen molar-refractivity contribution >= 4 is 12.0 Å². The first-order valence-electron chi connectivity index (χ1n) is 8.69. The van der Waals surface area contributed by atoms with Crippen LogP contribution >= 0.6 is 0 Å². The molecule has 140 valence electrons. The van der Waals surface area contributed by atoms with Crippen LogP contribution in [0.4, 0.5) is 4.79 Å². The van der Waals surface area contributed by atoms with Crippen LogP contribution in [0.5, 0.6) is 5.75 Å². The highest BCUT2D eigenvalue weighted by atomic mass is 16.5. The highest BCUT2D eigenvalue weighted by Crippen LogP contribution is 2.26. The molecule has 1 rings (SSSR count). The number of ether oxygens (including phenoxy) is 2. The average molecular weight is 350 g/mol. The molecule has 0 aromatic heterocycles. The molecule has 0 aliphatic carbocycles. The standard InChI is InChI=1S/C19H30N2O4/c1-6-20-18(23)21-11-12-24-17(22)19(4,5)15-7-9-16(10-8-15)25-13-14(2)3/h7-10,14H,6,11-13H2,1-5H3,(H2,20,21,23). The predicted octanol–water partition coefficient (Wildman–Crippen LogP) is 2.86. The first-order valence-corrected chi connectivity index (χ1v) is 8.69. The van der Waals surface area contributed by atoms with Gasteiger partial charge in [-0.2, -0.15) is 0 Å². The zero-order valence-corrected chi connectivity index (χ0v) is 15.8. The van der Waals surface area contributed by atoms with E-state index in [1.165, 1.54) is 0 Å². The van der Waals surface area contributed by atoms with Crippen molar-refractivity contribution in [1.82, 2.24) is 10.6 Å². The molecule has 25 heavy (non-hydrogen) atoms. The van der Waals surface area contributed by atoms with E-state index in [9.17, 15) is 9.59 Å². The maximum absolute atomic E-state index is 12.4. The summed E-state index contributed by atoms with van der Waals surface area (Å²) in [5.74, 6) is 0.910. The van der Waals surface area contributed by atoms with Crippen molar-refractivity contribution in [3.05, 3.63) is 29.8 Å². The molecule has 0 aliphatic rings. The Bertz CT molecular complexity index is 553. The number of nitrogens with one attached hydrogen (secondary N) is 2. The van der Waals surface area contributed by atoms with Gasteiger partial charge in [-0.1, -0.05) is 26.0 Å². The summed E-state index contributed by atoms with van der Waals surface area (Å²) < 4.78 is 10.9. The largest absolute Gasteiger partial charge is 0.493 e.